The second-order valence-electron chi connectivity index (χ2n) is 4.35. The van der Waals surface area contributed by atoms with E-state index in [9.17, 15) is 0 Å². The normalized spacial score (nSPS) is 10.2. The van der Waals surface area contributed by atoms with Crippen molar-refractivity contribution in [2.45, 2.75) is 13.8 Å². The number of rotatable bonds is 3. The lowest BCUT2D eigenvalue weighted by atomic mass is 9.96. The molecular weight excluding hydrogens is 258 g/mol. The zero-order valence-electron chi connectivity index (χ0n) is 10.6. The summed E-state index contributed by atoms with van der Waals surface area (Å²) in [6.07, 6.45) is 0. The second kappa shape index (κ2) is 5.69. The molecule has 0 fully saturated rings. The quantitative estimate of drug-likeness (QED) is 0.813. The highest BCUT2D eigenvalue weighted by Crippen LogP contribution is 2.30. The van der Waals surface area contributed by atoms with Crippen LogP contribution in [0.5, 0.6) is 0 Å². The first-order chi connectivity index (χ1) is 8.65. The van der Waals surface area contributed by atoms with E-state index in [1.165, 1.54) is 22.3 Å². The lowest BCUT2D eigenvalue weighted by Gasteiger charge is -2.12. The van der Waals surface area contributed by atoms with Gasteiger partial charge in [0.2, 0.25) is 0 Å². The Labute approximate surface area is 113 Å². The van der Waals surface area contributed by atoms with Crippen LogP contribution in [0.2, 0.25) is 0 Å². The Hall–Kier alpha value is -1.10. The van der Waals surface area contributed by atoms with Crippen LogP contribution in [0.1, 0.15) is 11.1 Å². The molecule has 94 valence electrons. The molecule has 2 unspecified atom stereocenters. The average molecular weight is 276 g/mol. The van der Waals surface area contributed by atoms with Gasteiger partial charge in [0.05, 0.1) is 0 Å². The number of anilines is 2. The van der Waals surface area contributed by atoms with Gasteiger partial charge < -0.3 is 10.2 Å². The molecule has 2 aromatic carbocycles. The van der Waals surface area contributed by atoms with Crippen LogP contribution in [0.4, 0.5) is 11.4 Å². The fourth-order valence-electron chi connectivity index (χ4n) is 2.11. The second-order valence-corrected chi connectivity index (χ2v) is 4.93. The molecule has 0 radical (unpaired) electrons. The highest BCUT2D eigenvalue weighted by Gasteiger charge is 2.06. The smallest absolute Gasteiger partial charge is 0.0371 e. The van der Waals surface area contributed by atoms with E-state index in [0.29, 0.717) is 0 Å². The summed E-state index contributed by atoms with van der Waals surface area (Å²) in [5.41, 5.74) is 7.34. The van der Waals surface area contributed by atoms with Gasteiger partial charge in [0, 0.05) is 11.4 Å². The van der Waals surface area contributed by atoms with Gasteiger partial charge in [-0.1, -0.05) is 12.1 Å². The molecule has 0 saturated carbocycles. The van der Waals surface area contributed by atoms with Crippen molar-refractivity contribution in [3.05, 3.63) is 47.5 Å². The van der Waals surface area contributed by atoms with Crippen molar-refractivity contribution in [3.8, 4) is 11.1 Å². The van der Waals surface area contributed by atoms with Gasteiger partial charge in [-0.05, 0) is 79.1 Å². The molecule has 0 amide bonds. The highest BCUT2D eigenvalue weighted by molar-refractivity contribution is 7.18. The number of benzene rings is 2. The first kappa shape index (κ1) is 13.3. The first-order valence-electron chi connectivity index (χ1n) is 5.80. The fraction of sp³-hybridized carbons (Fsp3) is 0.143. The van der Waals surface area contributed by atoms with Crippen molar-refractivity contribution in [1.82, 2.24) is 0 Å². The molecule has 0 heterocycles. The third kappa shape index (κ3) is 2.66. The van der Waals surface area contributed by atoms with Crippen molar-refractivity contribution in [1.29, 1.82) is 0 Å². The molecule has 0 aromatic heterocycles. The van der Waals surface area contributed by atoms with Crippen LogP contribution in [0.15, 0.2) is 36.4 Å². The van der Waals surface area contributed by atoms with E-state index >= 15 is 0 Å². The van der Waals surface area contributed by atoms with Crippen LogP contribution >= 0.6 is 18.8 Å². The zero-order valence-corrected chi connectivity index (χ0v) is 12.9. The Morgan fingerprint density at radius 1 is 0.722 bits per heavy atom. The summed E-state index contributed by atoms with van der Waals surface area (Å²) in [5.74, 6) is 0. The maximum Gasteiger partial charge on any atom is 0.0371 e. The molecule has 2 atom stereocenters. The summed E-state index contributed by atoms with van der Waals surface area (Å²) in [6.45, 7) is 4.28. The minimum absolute atomic E-state index is 1.11. The van der Waals surface area contributed by atoms with E-state index in [4.69, 9.17) is 0 Å². The van der Waals surface area contributed by atoms with Gasteiger partial charge in [0.1, 0.15) is 0 Å². The van der Waals surface area contributed by atoms with Crippen molar-refractivity contribution in [2.24, 2.45) is 0 Å². The van der Waals surface area contributed by atoms with Crippen molar-refractivity contribution in [2.75, 3.05) is 10.2 Å². The predicted molar refractivity (Wildman–Crippen MR) is 88.0 cm³/mol. The van der Waals surface area contributed by atoms with Crippen LogP contribution in [-0.2, 0) is 0 Å². The fourth-order valence-corrected chi connectivity index (χ4v) is 2.47. The van der Waals surface area contributed by atoms with Crippen molar-refractivity contribution >= 4 is 30.2 Å². The molecule has 0 saturated heterocycles. The SMILES string of the molecule is Cc1cc(NP)ccc1-c1ccc(NP)cc1C. The summed E-state index contributed by atoms with van der Waals surface area (Å²) in [6, 6.07) is 12.8. The van der Waals surface area contributed by atoms with Gasteiger partial charge in [-0.3, -0.25) is 0 Å². The topological polar surface area (TPSA) is 24.1 Å². The van der Waals surface area contributed by atoms with Crippen LogP contribution in [0.25, 0.3) is 11.1 Å². The van der Waals surface area contributed by atoms with E-state index in [-0.39, 0.29) is 0 Å². The third-order valence-electron chi connectivity index (χ3n) is 3.08. The number of aryl methyl sites for hydroxylation is 2. The summed E-state index contributed by atoms with van der Waals surface area (Å²) in [7, 11) is 5.04. The van der Waals surface area contributed by atoms with Crippen LogP contribution in [0, 0.1) is 13.8 Å². The van der Waals surface area contributed by atoms with Gasteiger partial charge in [-0.2, -0.15) is 0 Å². The van der Waals surface area contributed by atoms with Crippen LogP contribution < -0.4 is 10.2 Å². The Kier molecular flexibility index (Phi) is 4.22. The van der Waals surface area contributed by atoms with Gasteiger partial charge in [0.25, 0.3) is 0 Å². The van der Waals surface area contributed by atoms with Gasteiger partial charge >= 0.3 is 0 Å². The molecule has 18 heavy (non-hydrogen) atoms. The van der Waals surface area contributed by atoms with E-state index in [2.05, 4.69) is 79.2 Å². The number of nitrogens with one attached hydrogen (secondary N) is 2. The molecule has 4 heteroatoms. The highest BCUT2D eigenvalue weighted by atomic mass is 31.0. The molecule has 0 aliphatic rings. The minimum atomic E-state index is 1.11. The Morgan fingerprint density at radius 3 is 1.39 bits per heavy atom. The van der Waals surface area contributed by atoms with E-state index in [1.807, 2.05) is 0 Å². The summed E-state index contributed by atoms with van der Waals surface area (Å²) in [5, 5.41) is 6.17. The molecule has 0 aliphatic carbocycles. The predicted octanol–water partition coefficient (Wildman–Crippen LogP) is 4.37. The third-order valence-corrected chi connectivity index (χ3v) is 3.74. The molecule has 0 aliphatic heterocycles. The van der Waals surface area contributed by atoms with Gasteiger partial charge in [-0.15, -0.1) is 0 Å². The monoisotopic (exact) mass is 276 g/mol. The molecule has 2 nitrogen and oxygen atoms in total. The van der Waals surface area contributed by atoms with Gasteiger partial charge in [-0.25, -0.2) is 0 Å². The Morgan fingerprint density at radius 2 is 1.11 bits per heavy atom. The molecule has 2 N–H and O–H groups in total. The van der Waals surface area contributed by atoms with Crippen LogP contribution in [0.3, 0.4) is 0 Å². The minimum Gasteiger partial charge on any atom is -0.369 e. The molecule has 0 spiro atoms. The Bertz CT molecular complexity index is 516. The van der Waals surface area contributed by atoms with Crippen molar-refractivity contribution in [3.63, 3.8) is 0 Å². The number of hydrogen-bond acceptors (Lipinski definition) is 2. The first-order valence-corrected chi connectivity index (χ1v) is 6.96. The lowest BCUT2D eigenvalue weighted by molar-refractivity contribution is 1.41. The Balaban J connectivity index is 2.48. The van der Waals surface area contributed by atoms with E-state index in [1.54, 1.807) is 0 Å². The number of hydrogen-bond donors (Lipinski definition) is 2. The van der Waals surface area contributed by atoms with Crippen molar-refractivity contribution < 1.29 is 0 Å². The van der Waals surface area contributed by atoms with E-state index < -0.39 is 0 Å². The summed E-state index contributed by atoms with van der Waals surface area (Å²) in [4.78, 5) is 0. The summed E-state index contributed by atoms with van der Waals surface area (Å²) >= 11 is 0. The average Bonchev–Trinajstić information content (AvgIpc) is 2.39. The molecule has 2 aromatic rings. The zero-order chi connectivity index (χ0) is 13.1. The maximum atomic E-state index is 3.08. The summed E-state index contributed by atoms with van der Waals surface area (Å²) < 4.78 is 0. The molecule has 0 bridgehead atoms. The molecular formula is C14H18N2P2. The standard InChI is InChI=1S/C14H18N2P2/c1-9-7-11(15-17)3-5-13(9)14-6-4-12(16-18)8-10(14)2/h3-8,15-16H,17-18H2,1-2H3. The lowest BCUT2D eigenvalue weighted by Crippen LogP contribution is -1.90. The van der Waals surface area contributed by atoms with Crippen LogP contribution in [-0.4, -0.2) is 0 Å². The maximum absolute atomic E-state index is 3.08. The van der Waals surface area contributed by atoms with E-state index in [0.717, 1.165) is 11.4 Å². The van der Waals surface area contributed by atoms with Gasteiger partial charge in [0.15, 0.2) is 0 Å². The largest absolute Gasteiger partial charge is 0.369 e. The molecule has 2 rings (SSSR count).